The molecule has 0 heterocycles. The highest BCUT2D eigenvalue weighted by molar-refractivity contribution is 6.02. The Balaban J connectivity index is 2.12. The lowest BCUT2D eigenvalue weighted by molar-refractivity contribution is -0.385. The predicted molar refractivity (Wildman–Crippen MR) is 96.5 cm³/mol. The van der Waals surface area contributed by atoms with Gasteiger partial charge in [-0.2, -0.15) is 0 Å². The van der Waals surface area contributed by atoms with E-state index in [-0.39, 0.29) is 22.8 Å². The van der Waals surface area contributed by atoms with Crippen LogP contribution in [0.2, 0.25) is 0 Å². The molecule has 0 spiro atoms. The second-order valence-corrected chi connectivity index (χ2v) is 6.86. The molecule has 0 aromatic heterocycles. The van der Waals surface area contributed by atoms with Gasteiger partial charge in [-0.05, 0) is 49.5 Å². The highest BCUT2D eigenvalue weighted by Gasteiger charge is 2.30. The van der Waals surface area contributed by atoms with Crippen LogP contribution in [0.1, 0.15) is 39.2 Å². The molecular weight excluding hydrogens is 302 g/mol. The fourth-order valence-electron chi connectivity index (χ4n) is 3.20. The first-order chi connectivity index (χ1) is 11.3. The van der Waals surface area contributed by atoms with Crippen molar-refractivity contribution in [2.45, 2.75) is 33.6 Å². The van der Waals surface area contributed by atoms with Crippen molar-refractivity contribution in [3.63, 3.8) is 0 Å². The Morgan fingerprint density at radius 1 is 1.29 bits per heavy atom. The van der Waals surface area contributed by atoms with Crippen LogP contribution in [-0.2, 0) is 4.79 Å². The summed E-state index contributed by atoms with van der Waals surface area (Å²) in [4.78, 5) is 22.6. The average molecular weight is 325 g/mol. The maximum Gasteiger partial charge on any atom is 0.276 e. The second kappa shape index (κ2) is 7.39. The van der Waals surface area contributed by atoms with Crippen LogP contribution in [0, 0.1) is 21.4 Å². The Kier molecular flexibility index (Phi) is 5.50. The quantitative estimate of drug-likeness (QED) is 0.327. The molecule has 4 nitrogen and oxygen atoms in total. The number of para-hydroxylation sites is 1. The molecule has 0 radical (unpaired) electrons. The lowest BCUT2D eigenvalue weighted by Crippen LogP contribution is -2.26. The molecule has 0 saturated heterocycles. The van der Waals surface area contributed by atoms with Crippen LogP contribution in [-0.4, -0.2) is 10.7 Å². The third-order valence-electron chi connectivity index (χ3n) is 4.60. The number of hydrogen-bond donors (Lipinski definition) is 0. The summed E-state index contributed by atoms with van der Waals surface area (Å²) < 4.78 is 0. The molecule has 1 unspecified atom stereocenters. The third kappa shape index (κ3) is 4.28. The fourth-order valence-corrected chi connectivity index (χ4v) is 3.20. The zero-order chi connectivity index (χ0) is 17.7. The Bertz CT molecular complexity index is 726. The monoisotopic (exact) mass is 325 g/mol. The molecule has 126 valence electrons. The molecule has 0 saturated carbocycles. The van der Waals surface area contributed by atoms with E-state index in [0.717, 1.165) is 12.8 Å². The van der Waals surface area contributed by atoms with Gasteiger partial charge < -0.3 is 0 Å². The van der Waals surface area contributed by atoms with E-state index in [1.165, 1.54) is 23.8 Å². The molecule has 24 heavy (non-hydrogen) atoms. The van der Waals surface area contributed by atoms with Gasteiger partial charge in [0, 0.05) is 12.0 Å². The number of benzene rings is 1. The lowest BCUT2D eigenvalue weighted by Gasteiger charge is -2.36. The Labute approximate surface area is 142 Å². The van der Waals surface area contributed by atoms with E-state index < -0.39 is 4.92 Å². The van der Waals surface area contributed by atoms with Crippen molar-refractivity contribution in [2.75, 3.05) is 0 Å². The molecule has 1 aromatic rings. The number of nitrogens with zero attached hydrogens (tertiary/aromatic N) is 1. The number of carbonyl (C=O) groups is 1. The number of allylic oxidation sites excluding steroid dienone is 5. The summed E-state index contributed by atoms with van der Waals surface area (Å²) in [7, 11) is 0. The van der Waals surface area contributed by atoms with Gasteiger partial charge in [0.2, 0.25) is 0 Å². The molecule has 0 fully saturated rings. The normalized spacial score (nSPS) is 20.3. The maximum atomic E-state index is 12.1. The van der Waals surface area contributed by atoms with Crippen molar-refractivity contribution in [3.8, 4) is 0 Å². The summed E-state index contributed by atoms with van der Waals surface area (Å²) in [6.45, 7) is 6.53. The Morgan fingerprint density at radius 2 is 2.00 bits per heavy atom. The fraction of sp³-hybridized carbons (Fsp3) is 0.350. The molecule has 1 atom stereocenters. The highest BCUT2D eigenvalue weighted by Crippen LogP contribution is 2.41. The van der Waals surface area contributed by atoms with E-state index in [0.29, 0.717) is 5.56 Å². The zero-order valence-corrected chi connectivity index (χ0v) is 14.4. The first-order valence-electron chi connectivity index (χ1n) is 8.11. The van der Waals surface area contributed by atoms with E-state index in [9.17, 15) is 14.9 Å². The topological polar surface area (TPSA) is 60.2 Å². The number of rotatable bonds is 5. The van der Waals surface area contributed by atoms with E-state index in [2.05, 4.69) is 26.8 Å². The standard InChI is InChI=1S/C20H23NO3/c1-15-7-6-14-20(2,3)18(15)13-12-17(22)11-10-16-8-4-5-9-19(16)21(23)24/h4-5,7-13,18H,6,14H2,1-3H3/b11-10+,13-12+. The first kappa shape index (κ1) is 17.9. The van der Waals surface area contributed by atoms with Gasteiger partial charge in [-0.25, -0.2) is 0 Å². The second-order valence-electron chi connectivity index (χ2n) is 6.86. The van der Waals surface area contributed by atoms with Gasteiger partial charge in [-0.15, -0.1) is 0 Å². The van der Waals surface area contributed by atoms with Gasteiger partial charge in [0.15, 0.2) is 5.78 Å². The van der Waals surface area contributed by atoms with Crippen LogP contribution < -0.4 is 0 Å². The maximum absolute atomic E-state index is 12.1. The molecule has 0 amide bonds. The van der Waals surface area contributed by atoms with Crippen LogP contribution in [0.5, 0.6) is 0 Å². The van der Waals surface area contributed by atoms with Gasteiger partial charge in [-0.1, -0.05) is 43.7 Å². The largest absolute Gasteiger partial charge is 0.290 e. The molecule has 0 bridgehead atoms. The van der Waals surface area contributed by atoms with Gasteiger partial charge >= 0.3 is 0 Å². The van der Waals surface area contributed by atoms with Crippen LogP contribution in [0.3, 0.4) is 0 Å². The minimum absolute atomic E-state index is 0.00211. The molecule has 1 aliphatic carbocycles. The summed E-state index contributed by atoms with van der Waals surface area (Å²) in [6.07, 6.45) is 10.8. The molecule has 1 aromatic carbocycles. The summed E-state index contributed by atoms with van der Waals surface area (Å²) in [6, 6.07) is 6.38. The highest BCUT2D eigenvalue weighted by atomic mass is 16.6. The SMILES string of the molecule is CC1=CCCC(C)(C)C1/C=C/C(=O)/C=C/c1ccccc1[N+](=O)[O-]. The number of nitro benzene ring substituents is 1. The lowest BCUT2D eigenvalue weighted by atomic mass is 9.68. The van der Waals surface area contributed by atoms with Crippen molar-refractivity contribution >= 4 is 17.5 Å². The predicted octanol–water partition coefficient (Wildman–Crippen LogP) is 5.12. The molecule has 0 aliphatic heterocycles. The summed E-state index contributed by atoms with van der Waals surface area (Å²) in [5.74, 6) is 0.0805. The van der Waals surface area contributed by atoms with Crippen LogP contribution >= 0.6 is 0 Å². The molecule has 0 N–H and O–H groups in total. The van der Waals surface area contributed by atoms with Gasteiger partial charge in [0.25, 0.3) is 5.69 Å². The minimum atomic E-state index is -0.446. The molecule has 4 heteroatoms. The summed E-state index contributed by atoms with van der Waals surface area (Å²) >= 11 is 0. The number of carbonyl (C=O) groups excluding carboxylic acids is 1. The summed E-state index contributed by atoms with van der Waals surface area (Å²) in [5, 5.41) is 11.0. The van der Waals surface area contributed by atoms with Crippen LogP contribution in [0.25, 0.3) is 6.08 Å². The number of ketones is 1. The first-order valence-corrected chi connectivity index (χ1v) is 8.11. The summed E-state index contributed by atoms with van der Waals surface area (Å²) in [5.41, 5.74) is 1.85. The van der Waals surface area contributed by atoms with E-state index in [1.54, 1.807) is 24.3 Å². The van der Waals surface area contributed by atoms with E-state index in [1.807, 2.05) is 6.08 Å². The van der Waals surface area contributed by atoms with Crippen LogP contribution in [0.15, 0.2) is 54.1 Å². The van der Waals surface area contributed by atoms with Crippen molar-refractivity contribution < 1.29 is 9.72 Å². The zero-order valence-electron chi connectivity index (χ0n) is 14.4. The Hall–Kier alpha value is -2.49. The van der Waals surface area contributed by atoms with Crippen molar-refractivity contribution in [1.29, 1.82) is 0 Å². The third-order valence-corrected chi connectivity index (χ3v) is 4.60. The van der Waals surface area contributed by atoms with Gasteiger partial charge in [0.05, 0.1) is 10.5 Å². The molecular formula is C20H23NO3. The smallest absolute Gasteiger partial charge is 0.276 e. The van der Waals surface area contributed by atoms with E-state index in [4.69, 9.17) is 0 Å². The number of hydrogen-bond acceptors (Lipinski definition) is 3. The van der Waals surface area contributed by atoms with Gasteiger partial charge in [0.1, 0.15) is 0 Å². The van der Waals surface area contributed by atoms with Crippen molar-refractivity contribution in [3.05, 3.63) is 69.8 Å². The van der Waals surface area contributed by atoms with Gasteiger partial charge in [-0.3, -0.25) is 14.9 Å². The Morgan fingerprint density at radius 3 is 2.67 bits per heavy atom. The number of nitro groups is 1. The van der Waals surface area contributed by atoms with Crippen LogP contribution in [0.4, 0.5) is 5.69 Å². The van der Waals surface area contributed by atoms with E-state index >= 15 is 0 Å². The molecule has 1 aliphatic rings. The molecule has 2 rings (SSSR count). The minimum Gasteiger partial charge on any atom is -0.290 e. The average Bonchev–Trinajstić information content (AvgIpc) is 2.52. The van der Waals surface area contributed by atoms with Crippen molar-refractivity contribution in [1.82, 2.24) is 0 Å². The van der Waals surface area contributed by atoms with Crippen molar-refractivity contribution in [2.24, 2.45) is 11.3 Å².